The lowest BCUT2D eigenvalue weighted by Crippen LogP contribution is -2.38. The molecule has 0 aliphatic carbocycles. The summed E-state index contributed by atoms with van der Waals surface area (Å²) in [5.74, 6) is 1.00. The van der Waals surface area contributed by atoms with E-state index in [1.165, 1.54) is 11.3 Å². The highest BCUT2D eigenvalue weighted by Crippen LogP contribution is 2.42. The molecule has 2 heterocycles. The number of thiophene rings is 1. The molecule has 5 nitrogen and oxygen atoms in total. The lowest BCUT2D eigenvalue weighted by molar-refractivity contribution is 0.357. The van der Waals surface area contributed by atoms with Gasteiger partial charge in [0.2, 0.25) is 0 Å². The second-order valence-corrected chi connectivity index (χ2v) is 8.67. The van der Waals surface area contributed by atoms with Gasteiger partial charge in [-0.3, -0.25) is 0 Å². The summed E-state index contributed by atoms with van der Waals surface area (Å²) in [6.07, 6.45) is 2.28. The smallest absolute Gasteiger partial charge is 0.180 e. The molecule has 1 aromatic heterocycles. The zero-order chi connectivity index (χ0) is 15.1. The molecular formula is C13H19N3O2S2. The van der Waals surface area contributed by atoms with Gasteiger partial charge < -0.3 is 10.6 Å². The standard InChI is InChI=1S/C13H19N3O2S2/c1-8-4-9(2)7-16(6-8)13-12(20(3,17)18)11(15)10(5-14)19-13/h8-9H,4,6-7,15H2,1-3H3. The first-order valence-corrected chi connectivity index (χ1v) is 9.22. The van der Waals surface area contributed by atoms with Crippen LogP contribution in [0.4, 0.5) is 10.7 Å². The Morgan fingerprint density at radius 1 is 1.35 bits per heavy atom. The van der Waals surface area contributed by atoms with E-state index in [9.17, 15) is 8.42 Å². The second-order valence-electron chi connectivity index (χ2n) is 5.71. The van der Waals surface area contributed by atoms with Crippen LogP contribution in [0.2, 0.25) is 0 Å². The van der Waals surface area contributed by atoms with E-state index in [1.807, 2.05) is 6.07 Å². The Bertz CT molecular complexity index is 648. The van der Waals surface area contributed by atoms with Gasteiger partial charge in [0.25, 0.3) is 0 Å². The third-order valence-corrected chi connectivity index (χ3v) is 5.97. The molecule has 1 aliphatic heterocycles. The maximum Gasteiger partial charge on any atom is 0.180 e. The van der Waals surface area contributed by atoms with Gasteiger partial charge in [0, 0.05) is 19.3 Å². The van der Waals surface area contributed by atoms with Crippen LogP contribution in [-0.2, 0) is 9.84 Å². The molecule has 0 aromatic carbocycles. The summed E-state index contributed by atoms with van der Waals surface area (Å²) in [4.78, 5) is 2.48. The second kappa shape index (κ2) is 5.26. The minimum absolute atomic E-state index is 0.0980. The molecule has 0 amide bonds. The minimum atomic E-state index is -3.45. The molecule has 2 rings (SSSR count). The van der Waals surface area contributed by atoms with E-state index in [2.05, 4.69) is 18.7 Å². The SMILES string of the molecule is CC1CC(C)CN(c2sc(C#N)c(N)c2S(C)(=O)=O)C1. The van der Waals surface area contributed by atoms with Gasteiger partial charge in [-0.15, -0.1) is 11.3 Å². The molecule has 0 radical (unpaired) electrons. The van der Waals surface area contributed by atoms with Crippen LogP contribution in [0.1, 0.15) is 25.1 Å². The average molecular weight is 313 g/mol. The van der Waals surface area contributed by atoms with E-state index in [4.69, 9.17) is 11.0 Å². The molecule has 2 unspecified atom stereocenters. The molecule has 2 N–H and O–H groups in total. The van der Waals surface area contributed by atoms with Crippen molar-refractivity contribution < 1.29 is 8.42 Å². The number of sulfone groups is 1. The van der Waals surface area contributed by atoms with E-state index in [0.717, 1.165) is 25.8 Å². The summed E-state index contributed by atoms with van der Waals surface area (Å²) in [7, 11) is -3.45. The monoisotopic (exact) mass is 313 g/mol. The highest BCUT2D eigenvalue weighted by Gasteiger charge is 2.31. The van der Waals surface area contributed by atoms with E-state index in [-0.39, 0.29) is 15.5 Å². The molecule has 1 aromatic rings. The summed E-state index contributed by atoms with van der Waals surface area (Å²) < 4.78 is 24.0. The van der Waals surface area contributed by atoms with Crippen LogP contribution in [0.15, 0.2) is 4.90 Å². The molecule has 0 spiro atoms. The van der Waals surface area contributed by atoms with Crippen LogP contribution in [0.25, 0.3) is 0 Å². The topological polar surface area (TPSA) is 87.2 Å². The van der Waals surface area contributed by atoms with Gasteiger partial charge >= 0.3 is 0 Å². The zero-order valence-electron chi connectivity index (χ0n) is 11.9. The predicted molar refractivity (Wildman–Crippen MR) is 81.7 cm³/mol. The number of nitriles is 1. The molecule has 1 aliphatic rings. The third-order valence-electron chi connectivity index (χ3n) is 3.51. The summed E-state index contributed by atoms with van der Waals surface area (Å²) in [6.45, 7) is 5.92. The Hall–Kier alpha value is -1.26. The van der Waals surface area contributed by atoms with E-state index >= 15 is 0 Å². The summed E-state index contributed by atoms with van der Waals surface area (Å²) >= 11 is 1.18. The molecule has 1 fully saturated rings. The third kappa shape index (κ3) is 2.76. The predicted octanol–water partition coefficient (Wildman–Crippen LogP) is 2.09. The number of nitrogens with two attached hydrogens (primary N) is 1. The molecule has 0 saturated carbocycles. The Labute approximate surface area is 123 Å². The average Bonchev–Trinajstić information content (AvgIpc) is 2.64. The molecule has 20 heavy (non-hydrogen) atoms. The van der Waals surface area contributed by atoms with Crippen molar-refractivity contribution in [1.29, 1.82) is 5.26 Å². The van der Waals surface area contributed by atoms with Crippen LogP contribution in [0, 0.1) is 23.2 Å². The summed E-state index contributed by atoms with van der Waals surface area (Å²) in [5, 5.41) is 9.72. The fourth-order valence-corrected chi connectivity index (χ4v) is 5.42. The largest absolute Gasteiger partial charge is 0.396 e. The van der Waals surface area contributed by atoms with E-state index < -0.39 is 9.84 Å². The van der Waals surface area contributed by atoms with Gasteiger partial charge in [-0.05, 0) is 18.3 Å². The van der Waals surface area contributed by atoms with Gasteiger partial charge in [-0.25, -0.2) is 8.42 Å². The van der Waals surface area contributed by atoms with Gasteiger partial charge in [-0.1, -0.05) is 13.8 Å². The van der Waals surface area contributed by atoms with Crippen molar-refractivity contribution in [1.82, 2.24) is 0 Å². The number of anilines is 2. The molecule has 1 saturated heterocycles. The molecular weight excluding hydrogens is 294 g/mol. The number of hydrogen-bond donors (Lipinski definition) is 1. The van der Waals surface area contributed by atoms with Gasteiger partial charge in [0.15, 0.2) is 9.84 Å². The van der Waals surface area contributed by atoms with Crippen LogP contribution in [0.3, 0.4) is 0 Å². The number of nitrogen functional groups attached to an aromatic ring is 1. The van der Waals surface area contributed by atoms with Crippen molar-refractivity contribution >= 4 is 31.9 Å². The first kappa shape index (κ1) is 15.1. The Kier molecular flexibility index (Phi) is 3.98. The lowest BCUT2D eigenvalue weighted by Gasteiger charge is -2.36. The van der Waals surface area contributed by atoms with Crippen LogP contribution >= 0.6 is 11.3 Å². The summed E-state index contributed by atoms with van der Waals surface area (Å²) in [5.41, 5.74) is 5.96. The van der Waals surface area contributed by atoms with Crippen molar-refractivity contribution in [3.05, 3.63) is 4.88 Å². The fourth-order valence-electron chi connectivity index (χ4n) is 2.89. The highest BCUT2D eigenvalue weighted by molar-refractivity contribution is 7.91. The Morgan fingerprint density at radius 2 is 1.90 bits per heavy atom. The van der Waals surface area contributed by atoms with Crippen LogP contribution < -0.4 is 10.6 Å². The normalized spacial score (nSPS) is 23.6. The Morgan fingerprint density at radius 3 is 2.35 bits per heavy atom. The number of nitrogens with zero attached hydrogens (tertiary/aromatic N) is 2. The van der Waals surface area contributed by atoms with Gasteiger partial charge in [-0.2, -0.15) is 5.26 Å². The lowest BCUT2D eigenvalue weighted by atomic mass is 9.92. The van der Waals surface area contributed by atoms with E-state index in [1.54, 1.807) is 0 Å². The quantitative estimate of drug-likeness (QED) is 0.903. The minimum Gasteiger partial charge on any atom is -0.396 e. The zero-order valence-corrected chi connectivity index (χ0v) is 13.5. The Balaban J connectivity index is 2.54. The van der Waals surface area contributed by atoms with Crippen molar-refractivity contribution in [3.63, 3.8) is 0 Å². The maximum atomic E-state index is 12.0. The maximum absolute atomic E-state index is 12.0. The van der Waals surface area contributed by atoms with E-state index in [0.29, 0.717) is 16.8 Å². The summed E-state index contributed by atoms with van der Waals surface area (Å²) in [6, 6.07) is 1.99. The molecule has 0 bridgehead atoms. The molecule has 2 atom stereocenters. The number of piperidine rings is 1. The first-order chi connectivity index (χ1) is 9.24. The number of rotatable bonds is 2. The van der Waals surface area contributed by atoms with Gasteiger partial charge in [0.1, 0.15) is 20.8 Å². The molecule has 7 heteroatoms. The number of hydrogen-bond acceptors (Lipinski definition) is 6. The van der Waals surface area contributed by atoms with Crippen LogP contribution in [0.5, 0.6) is 0 Å². The van der Waals surface area contributed by atoms with Crippen molar-refractivity contribution in [3.8, 4) is 6.07 Å². The molecule has 110 valence electrons. The van der Waals surface area contributed by atoms with Crippen LogP contribution in [-0.4, -0.2) is 27.8 Å². The highest BCUT2D eigenvalue weighted by atomic mass is 32.2. The first-order valence-electron chi connectivity index (χ1n) is 6.51. The van der Waals surface area contributed by atoms with Gasteiger partial charge in [0.05, 0.1) is 5.69 Å². The fraction of sp³-hybridized carbons (Fsp3) is 0.615. The van der Waals surface area contributed by atoms with Crippen molar-refractivity contribution in [2.75, 3.05) is 30.0 Å². The van der Waals surface area contributed by atoms with Crippen molar-refractivity contribution in [2.24, 2.45) is 11.8 Å². The van der Waals surface area contributed by atoms with Crippen molar-refractivity contribution in [2.45, 2.75) is 25.2 Å².